The number of esters is 1. The third-order valence-corrected chi connectivity index (χ3v) is 6.35. The zero-order chi connectivity index (χ0) is 22.6. The Morgan fingerprint density at radius 1 is 1.19 bits per heavy atom. The van der Waals surface area contributed by atoms with Crippen molar-refractivity contribution >= 4 is 5.97 Å². The Balaban J connectivity index is 1.77. The highest BCUT2D eigenvalue weighted by molar-refractivity contribution is 5.69. The van der Waals surface area contributed by atoms with Crippen LogP contribution in [0.5, 0.6) is 0 Å². The van der Waals surface area contributed by atoms with Crippen molar-refractivity contribution in [3.05, 3.63) is 60.2 Å². The molecule has 1 fully saturated rings. The van der Waals surface area contributed by atoms with Crippen molar-refractivity contribution in [2.24, 2.45) is 23.7 Å². The first kappa shape index (κ1) is 25.4. The highest BCUT2D eigenvalue weighted by atomic mass is 16.5. The van der Waals surface area contributed by atoms with Gasteiger partial charge >= 0.3 is 5.97 Å². The van der Waals surface area contributed by atoms with E-state index in [4.69, 9.17) is 4.74 Å². The fourth-order valence-electron chi connectivity index (χ4n) is 4.55. The molecule has 0 saturated heterocycles. The van der Waals surface area contributed by atoms with Gasteiger partial charge < -0.3 is 9.84 Å². The van der Waals surface area contributed by atoms with Gasteiger partial charge in [-0.15, -0.1) is 0 Å². The highest BCUT2D eigenvalue weighted by Gasteiger charge is 2.37. The van der Waals surface area contributed by atoms with Gasteiger partial charge in [0.15, 0.2) is 0 Å². The number of hydrogen-bond acceptors (Lipinski definition) is 3. The first-order chi connectivity index (χ1) is 14.9. The van der Waals surface area contributed by atoms with E-state index in [0.29, 0.717) is 24.2 Å². The molecule has 1 aromatic rings. The van der Waals surface area contributed by atoms with Crippen LogP contribution in [-0.2, 0) is 16.0 Å². The van der Waals surface area contributed by atoms with Crippen molar-refractivity contribution in [3.63, 3.8) is 0 Å². The minimum absolute atomic E-state index is 0.0417. The van der Waals surface area contributed by atoms with Crippen LogP contribution < -0.4 is 0 Å². The minimum Gasteiger partial charge on any atom is -0.463 e. The van der Waals surface area contributed by atoms with Crippen molar-refractivity contribution in [3.8, 4) is 0 Å². The number of hydrogen-bond donors (Lipinski definition) is 1. The maximum atomic E-state index is 11.6. The van der Waals surface area contributed by atoms with Gasteiger partial charge in [-0.1, -0.05) is 68.5 Å². The molecule has 0 spiro atoms. The second-order valence-corrected chi connectivity index (χ2v) is 9.55. The summed E-state index contributed by atoms with van der Waals surface area (Å²) < 4.78 is 5.16. The third kappa shape index (κ3) is 9.43. The molecule has 2 unspecified atom stereocenters. The van der Waals surface area contributed by atoms with Crippen LogP contribution in [0.4, 0.5) is 0 Å². The van der Waals surface area contributed by atoms with Gasteiger partial charge in [0.25, 0.3) is 0 Å². The molecule has 31 heavy (non-hydrogen) atoms. The van der Waals surface area contributed by atoms with E-state index >= 15 is 0 Å². The minimum atomic E-state index is -0.227. The van der Waals surface area contributed by atoms with Gasteiger partial charge in [-0.3, -0.25) is 4.79 Å². The van der Waals surface area contributed by atoms with Crippen LogP contribution in [0.2, 0.25) is 0 Å². The number of carbonyl (C=O) groups is 1. The first-order valence-corrected chi connectivity index (χ1v) is 12.1. The molecule has 0 heterocycles. The largest absolute Gasteiger partial charge is 0.463 e. The molecule has 3 nitrogen and oxygen atoms in total. The molecule has 1 aliphatic carbocycles. The maximum absolute atomic E-state index is 11.6. The van der Waals surface area contributed by atoms with Gasteiger partial charge in [0.05, 0.1) is 12.2 Å². The molecule has 0 radical (unpaired) electrons. The van der Waals surface area contributed by atoms with Gasteiger partial charge in [-0.05, 0) is 81.6 Å². The van der Waals surface area contributed by atoms with Crippen LogP contribution in [0.25, 0.3) is 0 Å². The Morgan fingerprint density at radius 2 is 1.94 bits per heavy atom. The SMILES string of the molecule is CC(/C=C/[C@H]1C(C)C[C@H](O)[C@@H]1C/C=C\CCCC(=O)OC(C)C)CCc1ccccc1. The van der Waals surface area contributed by atoms with Crippen LogP contribution in [0, 0.1) is 23.7 Å². The van der Waals surface area contributed by atoms with E-state index in [1.54, 1.807) is 0 Å². The predicted octanol–water partition coefficient (Wildman–Crippen LogP) is 6.51. The summed E-state index contributed by atoms with van der Waals surface area (Å²) in [5.74, 6) is 1.65. The van der Waals surface area contributed by atoms with E-state index < -0.39 is 0 Å². The number of aliphatic hydroxyl groups is 1. The molecule has 0 bridgehead atoms. The third-order valence-electron chi connectivity index (χ3n) is 6.35. The molecular formula is C28H42O3. The second kappa shape index (κ2) is 13.5. The van der Waals surface area contributed by atoms with Gasteiger partial charge in [0, 0.05) is 6.42 Å². The quantitative estimate of drug-likeness (QED) is 0.235. The fourth-order valence-corrected chi connectivity index (χ4v) is 4.55. The predicted molar refractivity (Wildman–Crippen MR) is 129 cm³/mol. The Bertz CT molecular complexity index is 691. The van der Waals surface area contributed by atoms with Crippen LogP contribution in [0.3, 0.4) is 0 Å². The summed E-state index contributed by atoms with van der Waals surface area (Å²) in [7, 11) is 0. The van der Waals surface area contributed by atoms with E-state index in [2.05, 4.69) is 68.5 Å². The van der Waals surface area contributed by atoms with Crippen LogP contribution in [0.1, 0.15) is 71.8 Å². The highest BCUT2D eigenvalue weighted by Crippen LogP contribution is 2.40. The van der Waals surface area contributed by atoms with Crippen LogP contribution in [-0.4, -0.2) is 23.3 Å². The lowest BCUT2D eigenvalue weighted by Crippen LogP contribution is -2.18. The van der Waals surface area contributed by atoms with E-state index in [9.17, 15) is 9.90 Å². The Hall–Kier alpha value is -1.87. The maximum Gasteiger partial charge on any atom is 0.306 e. The molecule has 1 N–H and O–H groups in total. The number of aliphatic hydroxyl groups excluding tert-OH is 1. The first-order valence-electron chi connectivity index (χ1n) is 12.1. The van der Waals surface area contributed by atoms with Crippen LogP contribution in [0.15, 0.2) is 54.6 Å². The van der Waals surface area contributed by atoms with Crippen LogP contribution >= 0.6 is 0 Å². The number of unbranched alkanes of at least 4 members (excludes halogenated alkanes) is 1. The lowest BCUT2D eigenvalue weighted by molar-refractivity contribution is -0.147. The number of benzene rings is 1. The lowest BCUT2D eigenvalue weighted by Gasteiger charge is -2.20. The summed E-state index contributed by atoms with van der Waals surface area (Å²) in [6.45, 7) is 8.30. The Labute approximate surface area is 189 Å². The van der Waals surface area contributed by atoms with Crippen molar-refractivity contribution in [2.45, 2.75) is 84.8 Å². The Morgan fingerprint density at radius 3 is 2.65 bits per heavy atom. The molecule has 1 aliphatic rings. The van der Waals surface area contributed by atoms with Gasteiger partial charge in [-0.2, -0.15) is 0 Å². The molecular weight excluding hydrogens is 384 g/mol. The summed E-state index contributed by atoms with van der Waals surface area (Å²) in [5.41, 5.74) is 1.40. The van der Waals surface area contributed by atoms with E-state index in [0.717, 1.165) is 38.5 Å². The molecule has 0 aliphatic heterocycles. The van der Waals surface area contributed by atoms with Crippen molar-refractivity contribution in [1.29, 1.82) is 0 Å². The number of aryl methyl sites for hydroxylation is 1. The van der Waals surface area contributed by atoms with E-state index in [1.165, 1.54) is 5.56 Å². The van der Waals surface area contributed by atoms with Gasteiger partial charge in [0.2, 0.25) is 0 Å². The average Bonchev–Trinajstić information content (AvgIpc) is 3.00. The van der Waals surface area contributed by atoms with Crippen molar-refractivity contribution in [1.82, 2.24) is 0 Å². The standard InChI is InChI=1S/C28H42O3/c1-21(2)31-28(30)15-11-6-5-10-14-26-25(23(4)20-27(26)29)19-17-22(3)16-18-24-12-8-7-9-13-24/h5,7-10,12-13,17,19,21-23,25-27,29H,6,11,14-16,18,20H2,1-4H3/b10-5-,19-17+/t22?,23?,25-,26+,27-/m0/s1. The topological polar surface area (TPSA) is 46.5 Å². The molecule has 0 amide bonds. The number of carbonyl (C=O) groups excluding carboxylic acids is 1. The zero-order valence-electron chi connectivity index (χ0n) is 19.9. The normalized spacial score (nSPS) is 25.0. The van der Waals surface area contributed by atoms with E-state index in [-0.39, 0.29) is 24.1 Å². The zero-order valence-corrected chi connectivity index (χ0v) is 19.9. The summed E-state index contributed by atoms with van der Waals surface area (Å²) in [5, 5.41) is 10.6. The molecule has 1 saturated carbocycles. The van der Waals surface area contributed by atoms with E-state index in [1.807, 2.05) is 13.8 Å². The molecule has 1 aromatic carbocycles. The van der Waals surface area contributed by atoms with Gasteiger partial charge in [-0.25, -0.2) is 0 Å². The molecule has 172 valence electrons. The second-order valence-electron chi connectivity index (χ2n) is 9.55. The number of rotatable bonds is 12. The summed E-state index contributed by atoms with van der Waals surface area (Å²) in [6.07, 6.45) is 15.0. The van der Waals surface area contributed by atoms with Gasteiger partial charge in [0.1, 0.15) is 0 Å². The molecule has 5 atom stereocenters. The lowest BCUT2D eigenvalue weighted by atomic mass is 9.86. The molecule has 0 aromatic heterocycles. The molecule has 3 heteroatoms. The summed E-state index contributed by atoms with van der Waals surface area (Å²) in [6, 6.07) is 10.7. The summed E-state index contributed by atoms with van der Waals surface area (Å²) in [4.78, 5) is 11.6. The van der Waals surface area contributed by atoms with Crippen molar-refractivity contribution < 1.29 is 14.6 Å². The van der Waals surface area contributed by atoms with Crippen molar-refractivity contribution in [2.75, 3.05) is 0 Å². The fraction of sp³-hybridized carbons (Fsp3) is 0.607. The number of ether oxygens (including phenoxy) is 1. The monoisotopic (exact) mass is 426 g/mol. The smallest absolute Gasteiger partial charge is 0.306 e. The Kier molecular flexibility index (Phi) is 11.1. The molecule has 2 rings (SSSR count). The number of allylic oxidation sites excluding steroid dienone is 4. The summed E-state index contributed by atoms with van der Waals surface area (Å²) >= 11 is 0. The average molecular weight is 427 g/mol.